The first kappa shape index (κ1) is 18.2. The zero-order valence-electron chi connectivity index (χ0n) is 15.7. The van der Waals surface area contributed by atoms with Gasteiger partial charge >= 0.3 is 5.97 Å². The number of ether oxygens (including phenoxy) is 1. The molecule has 0 saturated heterocycles. The monoisotopic (exact) mass is 356 g/mol. The maximum Gasteiger partial charge on any atom is 0.482 e. The van der Waals surface area contributed by atoms with Gasteiger partial charge in [0.2, 0.25) is 0 Å². The lowest BCUT2D eigenvalue weighted by Gasteiger charge is -2.26. The Bertz CT molecular complexity index is 803. The second kappa shape index (κ2) is 6.96. The van der Waals surface area contributed by atoms with Crippen LogP contribution in [0.3, 0.4) is 0 Å². The summed E-state index contributed by atoms with van der Waals surface area (Å²) in [6.07, 6.45) is 8.90. The SMILES string of the molecule is COC(=[OH+])CCc1cc(N2N=C3C=CC=CC3N2)c(O)c(C(C)(C)C)c1. The number of phenols is 1. The largest absolute Gasteiger partial charge is 0.505 e. The number of rotatable bonds is 4. The van der Waals surface area contributed by atoms with E-state index in [9.17, 15) is 9.90 Å². The third-order valence-electron chi connectivity index (χ3n) is 4.53. The number of allylic oxidation sites excluding steroid dienone is 2. The topological polar surface area (TPSA) is 78.5 Å². The van der Waals surface area contributed by atoms with Crippen molar-refractivity contribution in [3.05, 3.63) is 47.6 Å². The molecule has 0 radical (unpaired) electrons. The number of carbonyl (C=O) groups excluding carboxylic acids is 1. The fourth-order valence-corrected chi connectivity index (χ4v) is 3.04. The van der Waals surface area contributed by atoms with Crippen molar-refractivity contribution in [2.75, 3.05) is 12.2 Å². The van der Waals surface area contributed by atoms with Gasteiger partial charge in [0.05, 0.1) is 11.8 Å². The number of nitrogens with one attached hydrogen (secondary N) is 1. The highest BCUT2D eigenvalue weighted by molar-refractivity contribution is 6.04. The number of anilines is 1. The molecule has 1 aromatic carbocycles. The Morgan fingerprint density at radius 1 is 1.35 bits per heavy atom. The first-order valence-electron chi connectivity index (χ1n) is 8.74. The number of hydrogen-bond donors (Lipinski definition) is 2. The Morgan fingerprint density at radius 2 is 2.12 bits per heavy atom. The molecule has 138 valence electrons. The molecule has 0 fully saturated rings. The van der Waals surface area contributed by atoms with Gasteiger partial charge in [-0.05, 0) is 29.5 Å². The van der Waals surface area contributed by atoms with Gasteiger partial charge in [-0.2, -0.15) is 15.6 Å². The minimum atomic E-state index is -0.235. The Kier molecular flexibility index (Phi) is 4.87. The lowest BCUT2D eigenvalue weighted by atomic mass is 9.84. The average Bonchev–Trinajstić information content (AvgIpc) is 3.03. The molecule has 0 saturated carbocycles. The minimum absolute atomic E-state index is 0.00207. The van der Waals surface area contributed by atoms with Gasteiger partial charge in [0, 0.05) is 5.56 Å². The molecule has 0 bridgehead atoms. The first-order valence-corrected chi connectivity index (χ1v) is 8.74. The minimum Gasteiger partial charge on any atom is -0.505 e. The number of aromatic hydroxyl groups is 1. The van der Waals surface area contributed by atoms with Gasteiger partial charge in [-0.25, -0.2) is 0 Å². The first-order chi connectivity index (χ1) is 12.3. The third-order valence-corrected chi connectivity index (χ3v) is 4.53. The maximum atomic E-state index is 10.9. The van der Waals surface area contributed by atoms with Crippen molar-refractivity contribution in [3.63, 3.8) is 0 Å². The van der Waals surface area contributed by atoms with Crippen LogP contribution < -0.4 is 10.5 Å². The Labute approximate surface area is 153 Å². The highest BCUT2D eigenvalue weighted by Crippen LogP contribution is 2.40. The molecule has 6 heteroatoms. The Hall–Kier alpha value is -2.60. The van der Waals surface area contributed by atoms with Gasteiger partial charge < -0.3 is 14.6 Å². The molecule has 6 nitrogen and oxygen atoms in total. The molecule has 1 aliphatic carbocycles. The van der Waals surface area contributed by atoms with Crippen molar-refractivity contribution in [2.45, 2.75) is 45.1 Å². The van der Waals surface area contributed by atoms with E-state index in [0.717, 1.165) is 16.8 Å². The molecule has 2 aliphatic rings. The smallest absolute Gasteiger partial charge is 0.482 e. The van der Waals surface area contributed by atoms with E-state index in [1.54, 1.807) is 5.12 Å². The highest BCUT2D eigenvalue weighted by atomic mass is 16.5. The maximum absolute atomic E-state index is 10.9. The second-order valence-electron chi connectivity index (χ2n) is 7.55. The van der Waals surface area contributed by atoms with Crippen molar-refractivity contribution in [3.8, 4) is 5.75 Å². The molecule has 1 unspecified atom stereocenters. The van der Waals surface area contributed by atoms with Gasteiger partial charge in [0.1, 0.15) is 17.9 Å². The van der Waals surface area contributed by atoms with E-state index in [-0.39, 0.29) is 23.2 Å². The molecule has 3 rings (SSSR count). The van der Waals surface area contributed by atoms with E-state index in [0.29, 0.717) is 18.5 Å². The van der Waals surface area contributed by atoms with Crippen LogP contribution in [0.1, 0.15) is 38.3 Å². The molecule has 1 aliphatic heterocycles. The zero-order valence-corrected chi connectivity index (χ0v) is 15.7. The number of esters is 1. The van der Waals surface area contributed by atoms with Crippen molar-refractivity contribution in [2.24, 2.45) is 5.10 Å². The van der Waals surface area contributed by atoms with Crippen LogP contribution in [0.4, 0.5) is 5.69 Å². The fraction of sp³-hybridized carbons (Fsp3) is 0.400. The number of fused-ring (bicyclic) bond motifs is 1. The second-order valence-corrected chi connectivity index (χ2v) is 7.55. The molecule has 0 spiro atoms. The molecule has 1 aromatic rings. The quantitative estimate of drug-likeness (QED) is 0.642. The summed E-state index contributed by atoms with van der Waals surface area (Å²) in [6.45, 7) is 6.18. The predicted molar refractivity (Wildman–Crippen MR) is 104 cm³/mol. The van der Waals surface area contributed by atoms with Gasteiger partial charge in [-0.3, -0.25) is 0 Å². The van der Waals surface area contributed by atoms with Gasteiger partial charge in [0.25, 0.3) is 0 Å². The summed E-state index contributed by atoms with van der Waals surface area (Å²) in [5.74, 6) is 0.211. The Morgan fingerprint density at radius 3 is 2.77 bits per heavy atom. The summed E-state index contributed by atoms with van der Waals surface area (Å²) in [7, 11) is 1.45. The van der Waals surface area contributed by atoms with Crippen molar-refractivity contribution in [1.82, 2.24) is 5.43 Å². The van der Waals surface area contributed by atoms with Crippen LogP contribution in [0.2, 0.25) is 0 Å². The van der Waals surface area contributed by atoms with E-state index >= 15 is 0 Å². The molecule has 3 N–H and O–H groups in total. The van der Waals surface area contributed by atoms with Gasteiger partial charge in [-0.15, -0.1) is 0 Å². The highest BCUT2D eigenvalue weighted by Gasteiger charge is 2.29. The number of hydrazone groups is 1. The molecule has 0 aromatic heterocycles. The lowest BCUT2D eigenvalue weighted by molar-refractivity contribution is 0.340. The van der Waals surface area contributed by atoms with E-state index < -0.39 is 0 Å². The fourth-order valence-electron chi connectivity index (χ4n) is 3.04. The summed E-state index contributed by atoms with van der Waals surface area (Å²) < 4.78 is 4.85. The van der Waals surface area contributed by atoms with E-state index in [2.05, 4.69) is 31.3 Å². The van der Waals surface area contributed by atoms with Crippen molar-refractivity contribution >= 4 is 17.4 Å². The zero-order chi connectivity index (χ0) is 18.9. The lowest BCUT2D eigenvalue weighted by Crippen LogP contribution is -2.37. The predicted octanol–water partition coefficient (Wildman–Crippen LogP) is 2.95. The van der Waals surface area contributed by atoms with Crippen molar-refractivity contribution < 1.29 is 14.6 Å². The summed E-state index contributed by atoms with van der Waals surface area (Å²) in [5, 5.41) is 17.1. The van der Waals surface area contributed by atoms with Gasteiger partial charge in [0.15, 0.2) is 7.11 Å². The van der Waals surface area contributed by atoms with Crippen LogP contribution in [-0.2, 0) is 16.6 Å². The van der Waals surface area contributed by atoms with Crippen LogP contribution in [-0.4, -0.2) is 34.7 Å². The molecule has 0 amide bonds. The summed E-state index contributed by atoms with van der Waals surface area (Å²) in [5.41, 5.74) is 6.39. The van der Waals surface area contributed by atoms with E-state index in [1.165, 1.54) is 7.11 Å². The van der Waals surface area contributed by atoms with Crippen LogP contribution in [0, 0.1) is 0 Å². The van der Waals surface area contributed by atoms with Crippen LogP contribution in [0.15, 0.2) is 41.5 Å². The normalized spacial score (nSPS) is 18.7. The number of phenolic OH excluding ortho intramolecular Hbond substituents is 1. The number of nitrogens with zero attached hydrogens (tertiary/aromatic N) is 2. The van der Waals surface area contributed by atoms with Crippen LogP contribution >= 0.6 is 0 Å². The van der Waals surface area contributed by atoms with E-state index in [1.807, 2.05) is 36.4 Å². The van der Waals surface area contributed by atoms with Crippen molar-refractivity contribution in [1.29, 1.82) is 0 Å². The molecule has 26 heavy (non-hydrogen) atoms. The number of hydrogen-bond acceptors (Lipinski definition) is 5. The summed E-state index contributed by atoms with van der Waals surface area (Å²) in [6, 6.07) is 3.89. The number of aryl methyl sites for hydroxylation is 1. The molecule has 1 heterocycles. The number of methoxy groups -OCH3 is 1. The van der Waals surface area contributed by atoms with Crippen LogP contribution in [0.25, 0.3) is 0 Å². The standard InChI is InChI=1S/C20H25N3O3/c1-20(2,3)14-11-13(9-10-18(24)26-4)12-17(19(14)25)23-21-15-7-5-6-8-16(15)22-23/h5-8,11-12,15,21,25H,9-10H2,1-4H3/p+1. The Balaban J connectivity index is 1.98. The van der Waals surface area contributed by atoms with E-state index in [4.69, 9.17) is 4.74 Å². The molecular formula is C20H26N3O3+. The number of benzene rings is 1. The number of hydrazine groups is 1. The van der Waals surface area contributed by atoms with Crippen LogP contribution in [0.5, 0.6) is 5.75 Å². The average molecular weight is 356 g/mol. The summed E-state index contributed by atoms with van der Waals surface area (Å²) in [4.78, 5) is 9.61. The summed E-state index contributed by atoms with van der Waals surface area (Å²) >= 11 is 0. The molecular weight excluding hydrogens is 330 g/mol. The van der Waals surface area contributed by atoms with Gasteiger partial charge in [-0.1, -0.05) is 45.1 Å². The molecule has 1 atom stereocenters. The third kappa shape index (κ3) is 3.65.